The van der Waals surface area contributed by atoms with Crippen LogP contribution in [0.2, 0.25) is 10.0 Å². The monoisotopic (exact) mass is 891 g/mol. The lowest BCUT2D eigenvalue weighted by Crippen LogP contribution is -2.42. The molecule has 2 aromatic carbocycles. The summed E-state index contributed by atoms with van der Waals surface area (Å²) >= 11 is 12.5. The number of carbonyl (C=O) groups excluding carboxylic acids is 2. The number of rotatable bonds is 11. The summed E-state index contributed by atoms with van der Waals surface area (Å²) in [4.78, 5) is 32.5. The first-order chi connectivity index (χ1) is 26.0. The minimum Gasteiger partial charge on any atom is -0.399 e. The number of hydrogen-bond acceptors (Lipinski definition) is 9. The molecule has 1 fully saturated rings. The third-order valence-corrected chi connectivity index (χ3v) is 13.9. The summed E-state index contributed by atoms with van der Waals surface area (Å²) in [6.45, 7) is 6.89. The van der Waals surface area contributed by atoms with E-state index in [0.29, 0.717) is 6.07 Å². The van der Waals surface area contributed by atoms with E-state index in [1.165, 1.54) is 30.5 Å². The Morgan fingerprint density at radius 1 is 0.842 bits per heavy atom. The van der Waals surface area contributed by atoms with Crippen molar-refractivity contribution in [2.75, 3.05) is 15.2 Å². The van der Waals surface area contributed by atoms with Crippen molar-refractivity contribution >= 4 is 84.2 Å². The van der Waals surface area contributed by atoms with Crippen LogP contribution in [0.3, 0.4) is 0 Å². The Balaban J connectivity index is 1.74. The maximum atomic E-state index is 16.5. The van der Waals surface area contributed by atoms with Gasteiger partial charge in [-0.15, -0.1) is 0 Å². The van der Waals surface area contributed by atoms with Crippen LogP contribution in [0, 0.1) is 11.6 Å². The van der Waals surface area contributed by atoms with Gasteiger partial charge < -0.3 is 9.31 Å². The van der Waals surface area contributed by atoms with E-state index in [-0.39, 0.29) is 38.2 Å². The third kappa shape index (κ3) is 8.95. The summed E-state index contributed by atoms with van der Waals surface area (Å²) in [5, 5.41) is -0.547. The van der Waals surface area contributed by atoms with E-state index in [1.54, 1.807) is 27.7 Å². The average molecular weight is 892 g/mol. The average Bonchev–Trinajstić information content (AvgIpc) is 3.56. The Labute approximate surface area is 330 Å². The van der Waals surface area contributed by atoms with Gasteiger partial charge in [0.25, 0.3) is 5.91 Å². The first-order valence-corrected chi connectivity index (χ1v) is 20.2. The Morgan fingerprint density at radius 2 is 1.35 bits per heavy atom. The van der Waals surface area contributed by atoms with Crippen LogP contribution in [-0.4, -0.2) is 80.3 Å². The van der Waals surface area contributed by atoms with Crippen molar-refractivity contribution in [3.05, 3.63) is 87.2 Å². The molecule has 5 rings (SSSR count). The molecular formula is C33H28BCl2F8N3O8S2. The molecule has 24 heteroatoms. The Bertz CT molecular complexity index is 2430. The van der Waals surface area contributed by atoms with Gasteiger partial charge in [-0.05, 0) is 58.0 Å². The standard InChI is InChI=1S/C33H28BCl2F8N3O8S2/c1-30(2)31(3,4)55-34(54-30)17-14-19-20(16-46(28(19)45-15-17)29(49)24-21(35)6-5-7-22(24)36)27(48)18-8-9-23(37)26(25(18)38)47(56(50,51)12-10-32(39,40)41)57(52,53)13-11-33(42,43)44/h5-9,14-16H,10-13H2,1-4H3. The predicted octanol–water partition coefficient (Wildman–Crippen LogP) is 7.21. The quantitative estimate of drug-likeness (QED) is 0.0868. The van der Waals surface area contributed by atoms with Crippen LogP contribution in [0.4, 0.5) is 40.8 Å². The molecule has 2 aromatic heterocycles. The van der Waals surface area contributed by atoms with Crippen molar-refractivity contribution in [2.45, 2.75) is 64.1 Å². The summed E-state index contributed by atoms with van der Waals surface area (Å²) in [5.41, 5.74) is -6.35. The van der Waals surface area contributed by atoms with Gasteiger partial charge >= 0.3 is 19.5 Å². The van der Waals surface area contributed by atoms with Crippen molar-refractivity contribution in [2.24, 2.45) is 0 Å². The molecule has 57 heavy (non-hydrogen) atoms. The van der Waals surface area contributed by atoms with E-state index >= 15 is 8.78 Å². The topological polar surface area (TPSA) is 142 Å². The highest BCUT2D eigenvalue weighted by molar-refractivity contribution is 8.10. The summed E-state index contributed by atoms with van der Waals surface area (Å²) in [6.07, 6.45) is -13.1. The number of pyridine rings is 1. The van der Waals surface area contributed by atoms with Crippen molar-refractivity contribution in [1.82, 2.24) is 9.55 Å². The second-order valence-corrected chi connectivity index (χ2v) is 18.6. The highest BCUT2D eigenvalue weighted by Crippen LogP contribution is 2.38. The molecule has 0 bridgehead atoms. The number of ketones is 1. The first kappa shape index (κ1) is 44.3. The van der Waals surface area contributed by atoms with Gasteiger partial charge in [0.05, 0.1) is 62.3 Å². The van der Waals surface area contributed by atoms with Crippen molar-refractivity contribution in [3.63, 3.8) is 0 Å². The van der Waals surface area contributed by atoms with Crippen molar-refractivity contribution in [1.29, 1.82) is 0 Å². The van der Waals surface area contributed by atoms with Gasteiger partial charge in [-0.2, -0.15) is 30.1 Å². The van der Waals surface area contributed by atoms with Gasteiger partial charge in [0.2, 0.25) is 20.0 Å². The molecule has 0 N–H and O–H groups in total. The third-order valence-electron chi connectivity index (χ3n) is 9.12. The second-order valence-electron chi connectivity index (χ2n) is 13.7. The van der Waals surface area contributed by atoms with Gasteiger partial charge in [0.15, 0.2) is 17.4 Å². The summed E-state index contributed by atoms with van der Waals surface area (Å²) in [5.74, 6) is -11.2. The highest BCUT2D eigenvalue weighted by Gasteiger charge is 2.52. The van der Waals surface area contributed by atoms with E-state index in [1.807, 2.05) is 0 Å². The summed E-state index contributed by atoms with van der Waals surface area (Å²) < 4.78 is 175. The number of benzene rings is 2. The van der Waals surface area contributed by atoms with E-state index in [4.69, 9.17) is 32.5 Å². The molecule has 0 radical (unpaired) electrons. The number of nitrogens with zero attached hydrogens (tertiary/aromatic N) is 3. The second kappa shape index (κ2) is 15.1. The molecule has 4 aromatic rings. The van der Waals surface area contributed by atoms with E-state index in [9.17, 15) is 52.8 Å². The Morgan fingerprint density at radius 3 is 1.84 bits per heavy atom. The van der Waals surface area contributed by atoms with Gasteiger partial charge in [0.1, 0.15) is 11.3 Å². The van der Waals surface area contributed by atoms with E-state index < -0.39 is 119 Å². The van der Waals surface area contributed by atoms with Crippen LogP contribution in [0.15, 0.2) is 48.8 Å². The maximum absolute atomic E-state index is 16.5. The van der Waals surface area contributed by atoms with Crippen LogP contribution < -0.4 is 9.17 Å². The molecule has 3 heterocycles. The zero-order valence-electron chi connectivity index (χ0n) is 29.7. The molecule has 11 nitrogen and oxygen atoms in total. The van der Waals surface area contributed by atoms with Crippen molar-refractivity contribution < 1.29 is 70.9 Å². The van der Waals surface area contributed by atoms with Crippen LogP contribution >= 0.6 is 23.2 Å². The van der Waals surface area contributed by atoms with Crippen LogP contribution in [0.25, 0.3) is 11.0 Å². The number of aromatic nitrogens is 2. The fraction of sp³-hybridized carbons (Fsp3) is 0.364. The molecular weight excluding hydrogens is 864 g/mol. The Hall–Kier alpha value is -3.83. The predicted molar refractivity (Wildman–Crippen MR) is 193 cm³/mol. The molecule has 1 saturated heterocycles. The van der Waals surface area contributed by atoms with E-state index in [0.717, 1.165) is 10.8 Å². The lowest BCUT2D eigenvalue weighted by Gasteiger charge is -2.32. The minimum absolute atomic E-state index is 0.147. The van der Waals surface area contributed by atoms with Crippen LogP contribution in [0.1, 0.15) is 66.8 Å². The minimum atomic E-state index is -6.05. The number of fused-ring (bicyclic) bond motifs is 1. The molecule has 1 aliphatic rings. The normalized spacial score (nSPS) is 16.0. The number of anilines is 1. The molecule has 0 saturated carbocycles. The summed E-state index contributed by atoms with van der Waals surface area (Å²) in [7, 11) is -13.2. The fourth-order valence-corrected chi connectivity index (χ4v) is 10.1. The van der Waals surface area contributed by atoms with Crippen molar-refractivity contribution in [3.8, 4) is 0 Å². The van der Waals surface area contributed by atoms with Crippen LogP contribution in [0.5, 0.6) is 0 Å². The zero-order valence-corrected chi connectivity index (χ0v) is 32.9. The molecule has 0 amide bonds. The number of alkyl halides is 6. The summed E-state index contributed by atoms with van der Waals surface area (Å²) in [6, 6.07) is 5.90. The fourth-order valence-electron chi connectivity index (χ4n) is 5.53. The number of carbonyl (C=O) groups is 2. The number of halogens is 10. The molecule has 0 atom stereocenters. The molecule has 1 aliphatic heterocycles. The highest BCUT2D eigenvalue weighted by atomic mass is 35.5. The largest absolute Gasteiger partial charge is 0.496 e. The number of hydrogen-bond donors (Lipinski definition) is 0. The molecule has 0 aliphatic carbocycles. The lowest BCUT2D eigenvalue weighted by molar-refractivity contribution is -0.130. The SMILES string of the molecule is CC1(C)OB(c2cnc3c(c2)c(C(=O)c2ccc(F)c(N(S(=O)(=O)CCC(F)(F)F)S(=O)(=O)CCC(F)(F)F)c2F)cn3C(=O)c2c(Cl)cccc2Cl)OC1(C)C. The Kier molecular flexibility index (Phi) is 11.7. The molecule has 0 spiro atoms. The first-order valence-electron chi connectivity index (χ1n) is 16.3. The molecule has 308 valence electrons. The zero-order chi connectivity index (χ0) is 42.8. The lowest BCUT2D eigenvalue weighted by atomic mass is 9.79. The van der Waals surface area contributed by atoms with Gasteiger partial charge in [-0.3, -0.25) is 14.2 Å². The van der Waals surface area contributed by atoms with Gasteiger partial charge in [-0.25, -0.2) is 30.6 Å². The van der Waals surface area contributed by atoms with Gasteiger partial charge in [0, 0.05) is 23.2 Å². The maximum Gasteiger partial charge on any atom is 0.496 e. The van der Waals surface area contributed by atoms with Gasteiger partial charge in [-0.1, -0.05) is 29.3 Å². The molecule has 0 unspecified atom stereocenters. The van der Waals surface area contributed by atoms with Crippen LogP contribution in [-0.2, 0) is 29.4 Å². The smallest absolute Gasteiger partial charge is 0.399 e. The number of sulfonamides is 2. The van der Waals surface area contributed by atoms with E-state index in [2.05, 4.69) is 4.98 Å².